The van der Waals surface area contributed by atoms with Gasteiger partial charge in [-0.05, 0) is 60.4 Å². The van der Waals surface area contributed by atoms with Crippen molar-refractivity contribution in [1.82, 2.24) is 0 Å². The van der Waals surface area contributed by atoms with E-state index in [1.807, 2.05) is 0 Å². The van der Waals surface area contributed by atoms with E-state index in [0.29, 0.717) is 0 Å². The minimum Gasteiger partial charge on any atom is -0.371 e. The smallest absolute Gasteiger partial charge is 0.0445 e. The van der Waals surface area contributed by atoms with Crippen molar-refractivity contribution in [2.24, 2.45) is 11.8 Å². The first-order chi connectivity index (χ1) is 15.9. The number of piperidine rings is 2. The zero-order valence-corrected chi connectivity index (χ0v) is 18.8. The average Bonchev–Trinajstić information content (AvgIpc) is 2.88. The molecule has 4 aromatic carbocycles. The van der Waals surface area contributed by atoms with Crippen LogP contribution in [0, 0.1) is 11.8 Å². The van der Waals surface area contributed by atoms with Crippen LogP contribution < -0.4 is 9.80 Å². The fourth-order valence-electron chi connectivity index (χ4n) is 6.19. The van der Waals surface area contributed by atoms with Crippen molar-refractivity contribution in [3.63, 3.8) is 0 Å². The first kappa shape index (κ1) is 19.7. The quantitative estimate of drug-likeness (QED) is 0.348. The maximum Gasteiger partial charge on any atom is 0.0445 e. The molecule has 2 heterocycles. The van der Waals surface area contributed by atoms with Crippen molar-refractivity contribution in [2.75, 3.05) is 36.0 Å². The van der Waals surface area contributed by atoms with Gasteiger partial charge in [0, 0.05) is 48.3 Å². The summed E-state index contributed by atoms with van der Waals surface area (Å²) < 4.78 is 0. The molecule has 2 heteroatoms. The second kappa shape index (κ2) is 8.50. The van der Waals surface area contributed by atoms with E-state index in [9.17, 15) is 0 Å². The number of anilines is 2. The third-order valence-electron chi connectivity index (χ3n) is 7.96. The predicted octanol–water partition coefficient (Wildman–Crippen LogP) is 7.13. The van der Waals surface area contributed by atoms with Gasteiger partial charge in [0.1, 0.15) is 0 Å². The standard InChI is InChI=1S/C30H32N2/c1-3-11-27-25(7-1)9-5-13-29(27)31-19-15-23(16-20-31)24-17-21-32(22-18-24)30-14-6-10-26-8-2-4-12-28(26)30/h1-14,23-24H,15-22H2. The maximum atomic E-state index is 2.63. The Morgan fingerprint density at radius 3 is 1.25 bits per heavy atom. The lowest BCUT2D eigenvalue weighted by Gasteiger charge is -2.41. The number of hydrogen-bond acceptors (Lipinski definition) is 2. The van der Waals surface area contributed by atoms with Crippen LogP contribution >= 0.6 is 0 Å². The van der Waals surface area contributed by atoms with Crippen molar-refractivity contribution in [2.45, 2.75) is 25.7 Å². The number of rotatable bonds is 3. The predicted molar refractivity (Wildman–Crippen MR) is 138 cm³/mol. The molecule has 4 aromatic rings. The monoisotopic (exact) mass is 420 g/mol. The van der Waals surface area contributed by atoms with Gasteiger partial charge in [-0.25, -0.2) is 0 Å². The number of fused-ring (bicyclic) bond motifs is 2. The first-order valence-corrected chi connectivity index (χ1v) is 12.3. The lowest BCUT2D eigenvalue weighted by molar-refractivity contribution is 0.233. The molecule has 6 rings (SSSR count). The van der Waals surface area contributed by atoms with Gasteiger partial charge in [0.25, 0.3) is 0 Å². The largest absolute Gasteiger partial charge is 0.371 e. The van der Waals surface area contributed by atoms with Crippen LogP contribution in [0.5, 0.6) is 0 Å². The molecule has 0 aromatic heterocycles. The van der Waals surface area contributed by atoms with E-state index in [1.165, 1.54) is 84.8 Å². The van der Waals surface area contributed by atoms with Crippen LogP contribution in [0.3, 0.4) is 0 Å². The molecule has 0 spiro atoms. The summed E-state index contributed by atoms with van der Waals surface area (Å²) in [6, 6.07) is 31.2. The zero-order chi connectivity index (χ0) is 21.3. The van der Waals surface area contributed by atoms with Crippen LogP contribution in [0.15, 0.2) is 84.9 Å². The minimum atomic E-state index is 0.885. The van der Waals surface area contributed by atoms with Gasteiger partial charge in [0.15, 0.2) is 0 Å². The van der Waals surface area contributed by atoms with Gasteiger partial charge >= 0.3 is 0 Å². The van der Waals surface area contributed by atoms with E-state index in [2.05, 4.69) is 94.7 Å². The number of hydrogen-bond donors (Lipinski definition) is 0. The Morgan fingerprint density at radius 2 is 0.812 bits per heavy atom. The fraction of sp³-hybridized carbons (Fsp3) is 0.333. The molecule has 0 N–H and O–H groups in total. The molecule has 2 nitrogen and oxygen atoms in total. The van der Waals surface area contributed by atoms with E-state index in [-0.39, 0.29) is 0 Å². The van der Waals surface area contributed by atoms with Crippen LogP contribution in [-0.4, -0.2) is 26.2 Å². The molecule has 0 aliphatic carbocycles. The molecule has 0 bridgehead atoms. The molecular weight excluding hydrogens is 388 g/mol. The minimum absolute atomic E-state index is 0.885. The lowest BCUT2D eigenvalue weighted by Crippen LogP contribution is -2.41. The van der Waals surface area contributed by atoms with Crippen LogP contribution in [0.25, 0.3) is 21.5 Å². The Labute approximate surface area is 191 Å². The molecule has 2 aliphatic heterocycles. The van der Waals surface area contributed by atoms with Crippen LogP contribution in [-0.2, 0) is 0 Å². The summed E-state index contributed by atoms with van der Waals surface area (Å²) in [6.45, 7) is 4.79. The molecule has 0 atom stereocenters. The number of benzene rings is 4. The summed E-state index contributed by atoms with van der Waals surface area (Å²) in [5, 5.41) is 5.51. The average molecular weight is 421 g/mol. The van der Waals surface area contributed by atoms with E-state index in [4.69, 9.17) is 0 Å². The van der Waals surface area contributed by atoms with Gasteiger partial charge in [-0.1, -0.05) is 72.8 Å². The second-order valence-corrected chi connectivity index (χ2v) is 9.65. The Morgan fingerprint density at radius 1 is 0.438 bits per heavy atom. The van der Waals surface area contributed by atoms with Gasteiger partial charge in [0.2, 0.25) is 0 Å². The molecule has 32 heavy (non-hydrogen) atoms. The lowest BCUT2D eigenvalue weighted by atomic mass is 9.78. The molecule has 2 saturated heterocycles. The highest BCUT2D eigenvalue weighted by atomic mass is 15.1. The van der Waals surface area contributed by atoms with Crippen molar-refractivity contribution in [1.29, 1.82) is 0 Å². The van der Waals surface area contributed by atoms with Crippen molar-refractivity contribution < 1.29 is 0 Å². The van der Waals surface area contributed by atoms with E-state index >= 15 is 0 Å². The summed E-state index contributed by atoms with van der Waals surface area (Å²) in [5.74, 6) is 1.77. The summed E-state index contributed by atoms with van der Waals surface area (Å²) in [5.41, 5.74) is 2.85. The maximum absolute atomic E-state index is 2.63. The molecular formula is C30H32N2. The van der Waals surface area contributed by atoms with Crippen molar-refractivity contribution >= 4 is 32.9 Å². The molecule has 0 amide bonds. The van der Waals surface area contributed by atoms with E-state index in [0.717, 1.165) is 11.8 Å². The Bertz CT molecular complexity index is 1110. The Kier molecular flexibility index (Phi) is 5.23. The fourth-order valence-corrected chi connectivity index (χ4v) is 6.19. The second-order valence-electron chi connectivity index (χ2n) is 9.65. The van der Waals surface area contributed by atoms with Crippen LogP contribution in [0.2, 0.25) is 0 Å². The summed E-state index contributed by atoms with van der Waals surface area (Å²) in [6.07, 6.45) is 5.34. The third-order valence-corrected chi connectivity index (χ3v) is 7.96. The SMILES string of the molecule is c1ccc2c(N3CCC(C4CCN(c5cccc6ccccc56)CC4)CC3)cccc2c1. The van der Waals surface area contributed by atoms with Gasteiger partial charge in [-0.15, -0.1) is 0 Å². The molecule has 2 fully saturated rings. The molecule has 162 valence electrons. The Hall–Kier alpha value is -3.00. The highest BCUT2D eigenvalue weighted by molar-refractivity contribution is 5.95. The Balaban J connectivity index is 1.10. The van der Waals surface area contributed by atoms with E-state index in [1.54, 1.807) is 0 Å². The third kappa shape index (κ3) is 3.62. The zero-order valence-electron chi connectivity index (χ0n) is 18.8. The molecule has 2 aliphatic rings. The van der Waals surface area contributed by atoms with Crippen LogP contribution in [0.4, 0.5) is 11.4 Å². The van der Waals surface area contributed by atoms with E-state index < -0.39 is 0 Å². The van der Waals surface area contributed by atoms with Gasteiger partial charge in [0.05, 0.1) is 0 Å². The summed E-state index contributed by atoms with van der Waals surface area (Å²) in [7, 11) is 0. The normalized spacial score (nSPS) is 18.5. The molecule has 0 radical (unpaired) electrons. The molecule has 0 saturated carbocycles. The van der Waals surface area contributed by atoms with Gasteiger partial charge in [-0.2, -0.15) is 0 Å². The highest BCUT2D eigenvalue weighted by Gasteiger charge is 2.30. The number of nitrogens with zero attached hydrogens (tertiary/aromatic N) is 2. The van der Waals surface area contributed by atoms with Gasteiger partial charge < -0.3 is 9.80 Å². The summed E-state index contributed by atoms with van der Waals surface area (Å²) >= 11 is 0. The van der Waals surface area contributed by atoms with Crippen molar-refractivity contribution in [3.05, 3.63) is 84.9 Å². The highest BCUT2D eigenvalue weighted by Crippen LogP contribution is 2.37. The van der Waals surface area contributed by atoms with Crippen LogP contribution in [0.1, 0.15) is 25.7 Å². The summed E-state index contributed by atoms with van der Waals surface area (Å²) in [4.78, 5) is 5.26. The topological polar surface area (TPSA) is 6.48 Å². The molecule has 0 unspecified atom stereocenters. The van der Waals surface area contributed by atoms with Gasteiger partial charge in [-0.3, -0.25) is 0 Å². The first-order valence-electron chi connectivity index (χ1n) is 12.3. The van der Waals surface area contributed by atoms with Crippen molar-refractivity contribution in [3.8, 4) is 0 Å².